The highest BCUT2D eigenvalue weighted by Gasteiger charge is 2.23. The fourth-order valence-corrected chi connectivity index (χ4v) is 1.31. The van der Waals surface area contributed by atoms with E-state index in [1.807, 2.05) is 30.3 Å². The Hall–Kier alpha value is -1.39. The van der Waals surface area contributed by atoms with Crippen molar-refractivity contribution in [3.05, 3.63) is 35.9 Å². The zero-order valence-corrected chi connectivity index (χ0v) is 8.22. The molecule has 0 saturated carbocycles. The molecule has 0 radical (unpaired) electrons. The highest BCUT2D eigenvalue weighted by Crippen LogP contribution is 2.07. The van der Waals surface area contributed by atoms with Crippen LogP contribution in [0.2, 0.25) is 0 Å². The lowest BCUT2D eigenvalue weighted by Crippen LogP contribution is -2.16. The predicted octanol–water partition coefficient (Wildman–Crippen LogP) is 1.10. The summed E-state index contributed by atoms with van der Waals surface area (Å²) in [5.41, 5.74) is 1.09. The zero-order chi connectivity index (χ0) is 10.5. The first-order valence-electron chi connectivity index (χ1n) is 4.77. The smallest absolute Gasteiger partial charge is 0.334 e. The molecule has 80 valence electrons. The number of ether oxygens (including phenoxy) is 3. The SMILES string of the molecule is O=C1COC(COCc2ccccc2)O1. The number of cyclic esters (lactones) is 1. The number of esters is 1. The maximum Gasteiger partial charge on any atom is 0.334 e. The van der Waals surface area contributed by atoms with Crippen LogP contribution in [0.15, 0.2) is 30.3 Å². The third-order valence-corrected chi connectivity index (χ3v) is 2.02. The highest BCUT2D eigenvalue weighted by molar-refractivity contribution is 5.72. The average molecular weight is 208 g/mol. The van der Waals surface area contributed by atoms with Crippen LogP contribution in [-0.4, -0.2) is 25.5 Å². The van der Waals surface area contributed by atoms with Crippen molar-refractivity contribution in [3.8, 4) is 0 Å². The Morgan fingerprint density at radius 1 is 1.33 bits per heavy atom. The molecule has 2 rings (SSSR count). The third-order valence-electron chi connectivity index (χ3n) is 2.02. The highest BCUT2D eigenvalue weighted by atomic mass is 16.8. The summed E-state index contributed by atoms with van der Waals surface area (Å²) in [6.45, 7) is 0.804. The monoisotopic (exact) mass is 208 g/mol. The van der Waals surface area contributed by atoms with Gasteiger partial charge in [-0.25, -0.2) is 4.79 Å². The van der Waals surface area contributed by atoms with Crippen molar-refractivity contribution >= 4 is 5.97 Å². The summed E-state index contributed by atoms with van der Waals surface area (Å²) < 4.78 is 15.2. The van der Waals surface area contributed by atoms with Crippen LogP contribution < -0.4 is 0 Å². The molecule has 1 saturated heterocycles. The Balaban J connectivity index is 1.69. The minimum atomic E-state index is -0.541. The summed E-state index contributed by atoms with van der Waals surface area (Å²) in [6, 6.07) is 9.80. The first-order chi connectivity index (χ1) is 7.34. The van der Waals surface area contributed by atoms with E-state index in [0.717, 1.165) is 5.56 Å². The van der Waals surface area contributed by atoms with Gasteiger partial charge in [0.2, 0.25) is 6.29 Å². The Morgan fingerprint density at radius 2 is 2.13 bits per heavy atom. The van der Waals surface area contributed by atoms with Crippen LogP contribution in [-0.2, 0) is 25.6 Å². The van der Waals surface area contributed by atoms with Crippen LogP contribution in [0.5, 0.6) is 0 Å². The fraction of sp³-hybridized carbons (Fsp3) is 0.364. The van der Waals surface area contributed by atoms with Gasteiger partial charge >= 0.3 is 5.97 Å². The quantitative estimate of drug-likeness (QED) is 0.695. The number of hydrogen-bond acceptors (Lipinski definition) is 4. The van der Waals surface area contributed by atoms with Crippen LogP contribution in [0, 0.1) is 0 Å². The standard InChI is InChI=1S/C11H12O4/c12-10-7-14-11(15-10)8-13-6-9-4-2-1-3-5-9/h1-5,11H,6-8H2. The number of carbonyl (C=O) groups excluding carboxylic acids is 1. The van der Waals surface area contributed by atoms with E-state index in [9.17, 15) is 4.79 Å². The Morgan fingerprint density at radius 3 is 2.80 bits per heavy atom. The van der Waals surface area contributed by atoms with Crippen LogP contribution in [0.25, 0.3) is 0 Å². The second-order valence-electron chi connectivity index (χ2n) is 3.23. The number of hydrogen-bond donors (Lipinski definition) is 0. The van der Waals surface area contributed by atoms with Gasteiger partial charge in [0.1, 0.15) is 13.2 Å². The van der Waals surface area contributed by atoms with E-state index < -0.39 is 6.29 Å². The summed E-state index contributed by atoms with van der Waals surface area (Å²) in [5.74, 6) is -0.330. The van der Waals surface area contributed by atoms with Gasteiger partial charge in [0.15, 0.2) is 0 Å². The topological polar surface area (TPSA) is 44.8 Å². The molecule has 0 aliphatic carbocycles. The largest absolute Gasteiger partial charge is 0.431 e. The summed E-state index contributed by atoms with van der Waals surface area (Å²) in [4.78, 5) is 10.7. The number of rotatable bonds is 4. The molecular weight excluding hydrogens is 196 g/mol. The average Bonchev–Trinajstić information content (AvgIpc) is 2.66. The van der Waals surface area contributed by atoms with E-state index in [1.165, 1.54) is 0 Å². The summed E-state index contributed by atoms with van der Waals surface area (Å²) in [7, 11) is 0. The van der Waals surface area contributed by atoms with Gasteiger partial charge in [0.05, 0.1) is 6.61 Å². The molecular formula is C11H12O4. The van der Waals surface area contributed by atoms with E-state index in [4.69, 9.17) is 14.2 Å². The molecule has 0 bridgehead atoms. The molecule has 1 aliphatic rings. The summed E-state index contributed by atoms with van der Waals surface area (Å²) >= 11 is 0. The van der Waals surface area contributed by atoms with Crippen LogP contribution in [0.1, 0.15) is 5.56 Å². The van der Waals surface area contributed by atoms with Crippen molar-refractivity contribution in [1.82, 2.24) is 0 Å². The second kappa shape index (κ2) is 4.91. The minimum absolute atomic E-state index is 0.0271. The lowest BCUT2D eigenvalue weighted by molar-refractivity contribution is -0.149. The molecule has 1 aliphatic heterocycles. The van der Waals surface area contributed by atoms with Gasteiger partial charge in [0, 0.05) is 0 Å². The van der Waals surface area contributed by atoms with Crippen molar-refractivity contribution in [1.29, 1.82) is 0 Å². The lowest BCUT2D eigenvalue weighted by Gasteiger charge is -2.08. The van der Waals surface area contributed by atoms with Gasteiger partial charge in [-0.2, -0.15) is 0 Å². The molecule has 1 aromatic carbocycles. The molecule has 0 spiro atoms. The maximum atomic E-state index is 10.7. The van der Waals surface area contributed by atoms with Gasteiger partial charge in [0.25, 0.3) is 0 Å². The Bertz CT molecular complexity index is 323. The van der Waals surface area contributed by atoms with E-state index in [1.54, 1.807) is 0 Å². The predicted molar refractivity (Wildman–Crippen MR) is 51.9 cm³/mol. The van der Waals surface area contributed by atoms with Crippen molar-refractivity contribution in [3.63, 3.8) is 0 Å². The van der Waals surface area contributed by atoms with Crippen molar-refractivity contribution < 1.29 is 19.0 Å². The Labute approximate surface area is 87.8 Å². The normalized spacial score (nSPS) is 20.3. The molecule has 15 heavy (non-hydrogen) atoms. The first-order valence-corrected chi connectivity index (χ1v) is 4.77. The molecule has 4 nitrogen and oxygen atoms in total. The van der Waals surface area contributed by atoms with Crippen molar-refractivity contribution in [2.24, 2.45) is 0 Å². The molecule has 0 N–H and O–H groups in total. The van der Waals surface area contributed by atoms with Gasteiger partial charge in [-0.05, 0) is 5.56 Å². The molecule has 1 unspecified atom stereocenters. The zero-order valence-electron chi connectivity index (χ0n) is 8.22. The maximum absolute atomic E-state index is 10.7. The molecule has 4 heteroatoms. The van der Waals surface area contributed by atoms with Crippen LogP contribution in [0.3, 0.4) is 0 Å². The fourth-order valence-electron chi connectivity index (χ4n) is 1.31. The molecule has 1 heterocycles. The van der Waals surface area contributed by atoms with Gasteiger partial charge in [-0.3, -0.25) is 0 Å². The van der Waals surface area contributed by atoms with Crippen molar-refractivity contribution in [2.45, 2.75) is 12.9 Å². The third kappa shape index (κ3) is 3.04. The minimum Gasteiger partial charge on any atom is -0.431 e. The van der Waals surface area contributed by atoms with Gasteiger partial charge in [-0.1, -0.05) is 30.3 Å². The lowest BCUT2D eigenvalue weighted by atomic mass is 10.2. The Kier molecular flexibility index (Phi) is 3.32. The van der Waals surface area contributed by atoms with Crippen LogP contribution in [0.4, 0.5) is 0 Å². The molecule has 0 amide bonds. The second-order valence-corrected chi connectivity index (χ2v) is 3.23. The van der Waals surface area contributed by atoms with E-state index in [-0.39, 0.29) is 19.2 Å². The van der Waals surface area contributed by atoms with Gasteiger partial charge in [-0.15, -0.1) is 0 Å². The molecule has 1 aromatic rings. The van der Waals surface area contributed by atoms with E-state index in [2.05, 4.69) is 0 Å². The summed E-state index contributed by atoms with van der Waals surface area (Å²) in [5, 5.41) is 0. The van der Waals surface area contributed by atoms with E-state index >= 15 is 0 Å². The number of benzene rings is 1. The van der Waals surface area contributed by atoms with Crippen molar-refractivity contribution in [2.75, 3.05) is 13.2 Å². The molecule has 0 aromatic heterocycles. The molecule has 1 fully saturated rings. The number of carbonyl (C=O) groups is 1. The molecule has 1 atom stereocenters. The summed E-state index contributed by atoms with van der Waals surface area (Å²) in [6.07, 6.45) is -0.541. The van der Waals surface area contributed by atoms with Crippen LogP contribution >= 0.6 is 0 Å². The first kappa shape index (κ1) is 10.1. The van der Waals surface area contributed by atoms with E-state index in [0.29, 0.717) is 6.61 Å². The van der Waals surface area contributed by atoms with Gasteiger partial charge < -0.3 is 14.2 Å².